The molecule has 5 heteroatoms. The zero-order valence-electron chi connectivity index (χ0n) is 10.7. The van der Waals surface area contributed by atoms with Gasteiger partial charge in [-0.2, -0.15) is 0 Å². The van der Waals surface area contributed by atoms with Gasteiger partial charge in [0.2, 0.25) is 0 Å². The number of nitrogens with two attached hydrogens (primary N) is 1. The molecule has 1 aromatic rings. The second-order valence-electron chi connectivity index (χ2n) is 3.97. The Morgan fingerprint density at radius 3 is 2.44 bits per heavy atom. The van der Waals surface area contributed by atoms with Crippen LogP contribution < -0.4 is 5.73 Å². The molecule has 0 heterocycles. The highest BCUT2D eigenvalue weighted by atomic mass is 16.5. The average molecular weight is 251 g/mol. The summed E-state index contributed by atoms with van der Waals surface area (Å²) in [7, 11) is 2.63. The summed E-state index contributed by atoms with van der Waals surface area (Å²) in [6, 6.07) is 4.44. The van der Waals surface area contributed by atoms with Crippen LogP contribution in [0.1, 0.15) is 21.5 Å². The van der Waals surface area contributed by atoms with E-state index in [9.17, 15) is 9.59 Å². The van der Waals surface area contributed by atoms with E-state index in [1.807, 2.05) is 6.92 Å². The van der Waals surface area contributed by atoms with Crippen molar-refractivity contribution in [3.8, 4) is 0 Å². The summed E-state index contributed by atoms with van der Waals surface area (Å²) in [5.41, 5.74) is 7.95. The maximum Gasteiger partial charge on any atom is 0.337 e. The van der Waals surface area contributed by atoms with E-state index in [-0.39, 0.29) is 5.97 Å². The van der Waals surface area contributed by atoms with E-state index in [0.29, 0.717) is 12.0 Å². The quantitative estimate of drug-likeness (QED) is 0.802. The van der Waals surface area contributed by atoms with Crippen molar-refractivity contribution in [2.75, 3.05) is 14.2 Å². The molecule has 0 aromatic heterocycles. The van der Waals surface area contributed by atoms with Crippen molar-refractivity contribution in [3.63, 3.8) is 0 Å². The Morgan fingerprint density at radius 2 is 1.94 bits per heavy atom. The van der Waals surface area contributed by atoms with Crippen molar-refractivity contribution in [2.45, 2.75) is 19.4 Å². The van der Waals surface area contributed by atoms with Crippen molar-refractivity contribution < 1.29 is 19.1 Å². The van der Waals surface area contributed by atoms with Crippen molar-refractivity contribution in [2.24, 2.45) is 5.73 Å². The van der Waals surface area contributed by atoms with Gasteiger partial charge in [-0.1, -0.05) is 6.07 Å². The van der Waals surface area contributed by atoms with Gasteiger partial charge in [0.15, 0.2) is 0 Å². The standard InChI is InChI=1S/C13H17NO4/c1-8-6-10(12(15)17-2)5-4-9(8)7-11(14)13(16)18-3/h4-6,11H,7,14H2,1-3H3/t11-/m1/s1. The lowest BCUT2D eigenvalue weighted by Gasteiger charge is -2.12. The third-order valence-electron chi connectivity index (χ3n) is 2.71. The molecule has 2 N–H and O–H groups in total. The Kier molecular flexibility index (Phi) is 4.85. The van der Waals surface area contributed by atoms with Gasteiger partial charge < -0.3 is 15.2 Å². The van der Waals surface area contributed by atoms with E-state index in [1.54, 1.807) is 18.2 Å². The Bertz CT molecular complexity index is 456. The van der Waals surface area contributed by atoms with Crippen molar-refractivity contribution in [1.82, 2.24) is 0 Å². The highest BCUT2D eigenvalue weighted by Gasteiger charge is 2.16. The van der Waals surface area contributed by atoms with Gasteiger partial charge in [0.05, 0.1) is 19.8 Å². The zero-order chi connectivity index (χ0) is 13.7. The van der Waals surface area contributed by atoms with E-state index >= 15 is 0 Å². The van der Waals surface area contributed by atoms with Crippen LogP contribution in [0.5, 0.6) is 0 Å². The van der Waals surface area contributed by atoms with Gasteiger partial charge in [0.25, 0.3) is 0 Å². The first-order valence-corrected chi connectivity index (χ1v) is 5.50. The van der Waals surface area contributed by atoms with Crippen LogP contribution in [0, 0.1) is 6.92 Å². The summed E-state index contributed by atoms with van der Waals surface area (Å²) >= 11 is 0. The molecule has 0 aliphatic heterocycles. The number of carbonyl (C=O) groups excluding carboxylic acids is 2. The first-order valence-electron chi connectivity index (χ1n) is 5.50. The number of hydrogen-bond donors (Lipinski definition) is 1. The molecule has 1 rings (SSSR count). The molecule has 0 aliphatic carbocycles. The maximum atomic E-state index is 11.3. The molecule has 0 unspecified atom stereocenters. The topological polar surface area (TPSA) is 78.6 Å². The summed E-state index contributed by atoms with van der Waals surface area (Å²) in [5, 5.41) is 0. The lowest BCUT2D eigenvalue weighted by Crippen LogP contribution is -2.33. The summed E-state index contributed by atoms with van der Waals surface area (Å²) in [6.45, 7) is 1.85. The fraction of sp³-hybridized carbons (Fsp3) is 0.385. The van der Waals surface area contributed by atoms with E-state index < -0.39 is 12.0 Å². The summed E-state index contributed by atoms with van der Waals surface area (Å²) < 4.78 is 9.20. The summed E-state index contributed by atoms with van der Waals surface area (Å²) in [4.78, 5) is 22.6. The first kappa shape index (κ1) is 14.2. The van der Waals surface area contributed by atoms with Gasteiger partial charge in [0, 0.05) is 0 Å². The van der Waals surface area contributed by atoms with Crippen molar-refractivity contribution in [1.29, 1.82) is 0 Å². The molecule has 18 heavy (non-hydrogen) atoms. The van der Waals surface area contributed by atoms with Crippen LogP contribution in [0.25, 0.3) is 0 Å². The molecule has 0 saturated carbocycles. The monoisotopic (exact) mass is 251 g/mol. The highest BCUT2D eigenvalue weighted by Crippen LogP contribution is 2.14. The number of methoxy groups -OCH3 is 2. The molecule has 0 fully saturated rings. The fourth-order valence-electron chi connectivity index (χ4n) is 1.64. The fourth-order valence-corrected chi connectivity index (χ4v) is 1.64. The van der Waals surface area contributed by atoms with E-state index in [1.165, 1.54) is 14.2 Å². The number of rotatable bonds is 4. The Hall–Kier alpha value is -1.88. The van der Waals surface area contributed by atoms with Gasteiger partial charge >= 0.3 is 11.9 Å². The molecular formula is C13H17NO4. The molecule has 0 aliphatic rings. The molecule has 5 nitrogen and oxygen atoms in total. The molecule has 0 bridgehead atoms. The first-order chi connectivity index (χ1) is 8.49. The number of ether oxygens (including phenoxy) is 2. The van der Waals surface area contributed by atoms with Gasteiger partial charge in [-0.3, -0.25) is 4.79 Å². The van der Waals surface area contributed by atoms with Gasteiger partial charge in [0.1, 0.15) is 6.04 Å². The van der Waals surface area contributed by atoms with Crippen LogP contribution in [0.3, 0.4) is 0 Å². The number of hydrogen-bond acceptors (Lipinski definition) is 5. The van der Waals surface area contributed by atoms with Crippen LogP contribution in [0.15, 0.2) is 18.2 Å². The smallest absolute Gasteiger partial charge is 0.337 e. The van der Waals surface area contributed by atoms with Crippen LogP contribution in [0.4, 0.5) is 0 Å². The van der Waals surface area contributed by atoms with Gasteiger partial charge in [-0.05, 0) is 36.6 Å². The predicted octanol–water partition coefficient (Wildman–Crippen LogP) is 0.824. The largest absolute Gasteiger partial charge is 0.468 e. The van der Waals surface area contributed by atoms with E-state index in [0.717, 1.165) is 11.1 Å². The average Bonchev–Trinajstić information content (AvgIpc) is 2.38. The number of carbonyl (C=O) groups is 2. The molecule has 0 saturated heterocycles. The number of esters is 2. The molecule has 1 atom stereocenters. The van der Waals surface area contributed by atoms with Gasteiger partial charge in [-0.25, -0.2) is 4.79 Å². The second-order valence-corrected chi connectivity index (χ2v) is 3.97. The molecule has 1 aromatic carbocycles. The van der Waals surface area contributed by atoms with Crippen LogP contribution in [-0.4, -0.2) is 32.2 Å². The summed E-state index contributed by atoms with van der Waals surface area (Å²) in [6.07, 6.45) is 0.375. The summed E-state index contributed by atoms with van der Waals surface area (Å²) in [5.74, 6) is -0.839. The third-order valence-corrected chi connectivity index (χ3v) is 2.71. The SMILES string of the molecule is COC(=O)c1ccc(C[C@@H](N)C(=O)OC)c(C)c1. The number of aryl methyl sites for hydroxylation is 1. The maximum absolute atomic E-state index is 11.3. The predicted molar refractivity (Wildman–Crippen MR) is 66.2 cm³/mol. The molecule has 0 spiro atoms. The molecule has 0 radical (unpaired) electrons. The van der Waals surface area contributed by atoms with Crippen LogP contribution >= 0.6 is 0 Å². The third kappa shape index (κ3) is 3.30. The number of benzene rings is 1. The van der Waals surface area contributed by atoms with Crippen LogP contribution in [-0.2, 0) is 20.7 Å². The Morgan fingerprint density at radius 1 is 1.28 bits per heavy atom. The van der Waals surface area contributed by atoms with Crippen molar-refractivity contribution >= 4 is 11.9 Å². The second kappa shape index (κ2) is 6.16. The molecule has 0 amide bonds. The Labute approximate surface area is 106 Å². The minimum Gasteiger partial charge on any atom is -0.468 e. The van der Waals surface area contributed by atoms with Crippen LogP contribution in [0.2, 0.25) is 0 Å². The minimum atomic E-state index is -0.697. The lowest BCUT2D eigenvalue weighted by molar-refractivity contribution is -0.142. The van der Waals surface area contributed by atoms with Crippen molar-refractivity contribution in [3.05, 3.63) is 34.9 Å². The Balaban J connectivity index is 2.86. The van der Waals surface area contributed by atoms with Gasteiger partial charge in [-0.15, -0.1) is 0 Å². The molecule has 98 valence electrons. The highest BCUT2D eigenvalue weighted by molar-refractivity contribution is 5.89. The normalized spacial score (nSPS) is 11.8. The van der Waals surface area contributed by atoms with E-state index in [4.69, 9.17) is 5.73 Å². The molecular weight excluding hydrogens is 234 g/mol. The lowest BCUT2D eigenvalue weighted by atomic mass is 9.99. The minimum absolute atomic E-state index is 0.375. The van der Waals surface area contributed by atoms with E-state index in [2.05, 4.69) is 9.47 Å². The zero-order valence-corrected chi connectivity index (χ0v) is 10.7.